The van der Waals surface area contributed by atoms with Gasteiger partial charge >= 0.3 is 0 Å². The highest BCUT2D eigenvalue weighted by Crippen LogP contribution is 2.51. The van der Waals surface area contributed by atoms with Crippen LogP contribution in [0.4, 0.5) is 5.69 Å². The van der Waals surface area contributed by atoms with E-state index in [9.17, 15) is 0 Å². The number of anilines is 1. The van der Waals surface area contributed by atoms with E-state index in [1.165, 1.54) is 17.5 Å². The van der Waals surface area contributed by atoms with Gasteiger partial charge in [-0.25, -0.2) is 0 Å². The zero-order chi connectivity index (χ0) is 20.7. The van der Waals surface area contributed by atoms with Crippen LogP contribution in [0.1, 0.15) is 37.3 Å². The molecule has 30 heavy (non-hydrogen) atoms. The van der Waals surface area contributed by atoms with Crippen molar-refractivity contribution < 1.29 is 9.57 Å². The van der Waals surface area contributed by atoms with Gasteiger partial charge in [-0.15, -0.1) is 6.58 Å². The Morgan fingerprint density at radius 2 is 2.10 bits per heavy atom. The van der Waals surface area contributed by atoms with Crippen molar-refractivity contribution in [2.24, 2.45) is 11.8 Å². The van der Waals surface area contributed by atoms with Gasteiger partial charge in [0.25, 0.3) is 0 Å². The Morgan fingerprint density at radius 1 is 1.27 bits per heavy atom. The number of hydrogen-bond donors (Lipinski definition) is 1. The summed E-state index contributed by atoms with van der Waals surface area (Å²) >= 11 is 0. The molecular weight excluding hydrogens is 372 g/mol. The summed E-state index contributed by atoms with van der Waals surface area (Å²) < 4.78 is 5.62. The zero-order valence-electron chi connectivity index (χ0n) is 18.0. The van der Waals surface area contributed by atoms with E-state index in [0.717, 1.165) is 37.4 Å². The molecule has 4 heterocycles. The van der Waals surface area contributed by atoms with Crippen molar-refractivity contribution in [2.75, 3.05) is 25.7 Å². The summed E-state index contributed by atoms with van der Waals surface area (Å²) in [5, 5.41) is 0. The lowest BCUT2D eigenvalue weighted by Crippen LogP contribution is -2.63. The second-order valence-electron chi connectivity index (χ2n) is 8.99. The largest absolute Gasteiger partial charge is 0.497 e. The van der Waals surface area contributed by atoms with E-state index < -0.39 is 0 Å². The summed E-state index contributed by atoms with van der Waals surface area (Å²) in [7, 11) is 1.74. The molecule has 6 rings (SSSR count). The minimum Gasteiger partial charge on any atom is -0.497 e. The van der Waals surface area contributed by atoms with E-state index >= 15 is 0 Å². The lowest BCUT2D eigenvalue weighted by Gasteiger charge is -2.56. The zero-order valence-corrected chi connectivity index (χ0v) is 18.0. The van der Waals surface area contributed by atoms with Crippen molar-refractivity contribution in [3.8, 4) is 5.75 Å². The highest BCUT2D eigenvalue weighted by atomic mass is 16.7. The number of benzene rings is 2. The van der Waals surface area contributed by atoms with Gasteiger partial charge in [-0.05, 0) is 67.0 Å². The Hall–Kier alpha value is -2.30. The van der Waals surface area contributed by atoms with Crippen LogP contribution >= 0.6 is 0 Å². The molecule has 2 bridgehead atoms. The van der Waals surface area contributed by atoms with Gasteiger partial charge in [0.15, 0.2) is 0 Å². The second kappa shape index (κ2) is 7.75. The van der Waals surface area contributed by atoms with Crippen molar-refractivity contribution in [1.29, 1.82) is 0 Å². The number of piperidine rings is 3. The molecule has 5 unspecified atom stereocenters. The number of fused-ring (bicyclic) bond motifs is 4. The van der Waals surface area contributed by atoms with Crippen LogP contribution in [0.25, 0.3) is 0 Å². The summed E-state index contributed by atoms with van der Waals surface area (Å²) in [5.74, 6) is 2.20. The fourth-order valence-electron chi connectivity index (χ4n) is 6.24. The SMILES string of the molecule is C=CC1CN2CCC1CC2[C@@H]1ONc2ccc(OC)cc2C1(CC)c1ccccc1. The highest BCUT2D eigenvalue weighted by molar-refractivity contribution is 5.62. The van der Waals surface area contributed by atoms with Crippen molar-refractivity contribution in [3.05, 3.63) is 72.3 Å². The van der Waals surface area contributed by atoms with Crippen LogP contribution < -0.4 is 10.2 Å². The van der Waals surface area contributed by atoms with Crippen LogP contribution in [0.2, 0.25) is 0 Å². The van der Waals surface area contributed by atoms with E-state index in [2.05, 4.69) is 72.4 Å². The lowest BCUT2D eigenvalue weighted by atomic mass is 9.62. The maximum absolute atomic E-state index is 6.54. The van der Waals surface area contributed by atoms with Crippen LogP contribution in [0, 0.1) is 11.8 Å². The lowest BCUT2D eigenvalue weighted by molar-refractivity contribution is -0.0885. The van der Waals surface area contributed by atoms with Crippen molar-refractivity contribution in [2.45, 2.75) is 43.7 Å². The van der Waals surface area contributed by atoms with E-state index in [4.69, 9.17) is 9.57 Å². The normalized spacial score (nSPS) is 34.7. The molecule has 2 aromatic carbocycles. The van der Waals surface area contributed by atoms with E-state index in [-0.39, 0.29) is 11.5 Å². The molecule has 2 aromatic rings. The summed E-state index contributed by atoms with van der Waals surface area (Å²) in [6.45, 7) is 8.64. The Morgan fingerprint density at radius 3 is 2.77 bits per heavy atom. The molecule has 3 fully saturated rings. The second-order valence-corrected chi connectivity index (χ2v) is 8.99. The van der Waals surface area contributed by atoms with Crippen LogP contribution in [0.3, 0.4) is 0 Å². The number of methoxy groups -OCH3 is 1. The monoisotopic (exact) mass is 404 g/mol. The molecule has 0 spiro atoms. The predicted octanol–water partition coefficient (Wildman–Crippen LogP) is 5.01. The first-order chi connectivity index (χ1) is 14.7. The quantitative estimate of drug-likeness (QED) is 0.710. The summed E-state index contributed by atoms with van der Waals surface area (Å²) in [6, 6.07) is 17.6. The number of rotatable bonds is 5. The maximum atomic E-state index is 6.54. The molecule has 4 aliphatic rings. The Kier molecular flexibility index (Phi) is 5.08. The predicted molar refractivity (Wildman–Crippen MR) is 121 cm³/mol. The molecule has 4 aliphatic heterocycles. The average Bonchev–Trinajstić information content (AvgIpc) is 2.83. The van der Waals surface area contributed by atoms with Gasteiger partial charge in [-0.3, -0.25) is 15.2 Å². The fourth-order valence-corrected chi connectivity index (χ4v) is 6.24. The van der Waals surface area contributed by atoms with Crippen molar-refractivity contribution in [1.82, 2.24) is 4.90 Å². The van der Waals surface area contributed by atoms with E-state index in [1.807, 2.05) is 6.07 Å². The third-order valence-corrected chi connectivity index (χ3v) is 7.84. The fraction of sp³-hybridized carbons (Fsp3) is 0.462. The van der Waals surface area contributed by atoms with Crippen LogP contribution in [-0.4, -0.2) is 37.2 Å². The minimum atomic E-state index is -0.234. The molecule has 158 valence electrons. The standard InChI is InChI=1S/C26H32N2O2/c1-4-18-17-28-14-13-19(18)15-24(28)25-26(5-2,20-9-7-6-8-10-20)22-16-21(29-3)11-12-23(22)27-30-25/h4,6-12,16,18-19,24-25,27H,1,5,13-15,17H2,2-3H3/t18?,19?,24?,25-,26?/m0/s1. The third kappa shape index (κ3) is 2.89. The average molecular weight is 405 g/mol. The Labute approximate surface area is 179 Å². The smallest absolute Gasteiger partial charge is 0.119 e. The van der Waals surface area contributed by atoms with E-state index in [1.54, 1.807) is 7.11 Å². The highest BCUT2D eigenvalue weighted by Gasteiger charge is 2.54. The van der Waals surface area contributed by atoms with Crippen LogP contribution in [0.5, 0.6) is 5.75 Å². The summed E-state index contributed by atoms with van der Waals surface area (Å²) in [6.07, 6.45) is 5.58. The van der Waals surface area contributed by atoms with Gasteiger partial charge in [0.2, 0.25) is 0 Å². The summed E-state index contributed by atoms with van der Waals surface area (Å²) in [5.41, 5.74) is 6.70. The Balaban J connectivity index is 1.64. The summed E-state index contributed by atoms with van der Waals surface area (Å²) in [4.78, 5) is 9.19. The van der Waals surface area contributed by atoms with Crippen molar-refractivity contribution in [3.63, 3.8) is 0 Å². The molecular formula is C26H32N2O2. The topological polar surface area (TPSA) is 33.7 Å². The molecule has 4 nitrogen and oxygen atoms in total. The van der Waals surface area contributed by atoms with Gasteiger partial charge < -0.3 is 4.74 Å². The van der Waals surface area contributed by atoms with E-state index in [0.29, 0.717) is 17.9 Å². The molecule has 0 amide bonds. The minimum absolute atomic E-state index is 0.0260. The number of hydrogen-bond acceptors (Lipinski definition) is 4. The van der Waals surface area contributed by atoms with Crippen LogP contribution in [-0.2, 0) is 10.3 Å². The van der Waals surface area contributed by atoms with Gasteiger partial charge in [0.1, 0.15) is 11.9 Å². The first-order valence-corrected chi connectivity index (χ1v) is 11.2. The molecule has 0 aromatic heterocycles. The molecule has 3 saturated heterocycles. The molecule has 0 radical (unpaired) electrons. The Bertz CT molecular complexity index is 915. The van der Waals surface area contributed by atoms with Gasteiger partial charge in [-0.2, -0.15) is 0 Å². The number of nitrogens with one attached hydrogen (secondary N) is 1. The number of ether oxygens (including phenoxy) is 1. The van der Waals surface area contributed by atoms with Gasteiger partial charge in [0.05, 0.1) is 18.2 Å². The molecule has 0 aliphatic carbocycles. The van der Waals surface area contributed by atoms with Crippen molar-refractivity contribution >= 4 is 5.69 Å². The molecule has 4 heteroatoms. The third-order valence-electron chi connectivity index (χ3n) is 7.84. The first-order valence-electron chi connectivity index (χ1n) is 11.2. The molecule has 1 N–H and O–H groups in total. The maximum Gasteiger partial charge on any atom is 0.119 e. The molecule has 0 saturated carbocycles. The number of nitrogens with zero attached hydrogens (tertiary/aromatic N) is 1. The van der Waals surface area contributed by atoms with Crippen LogP contribution in [0.15, 0.2) is 61.2 Å². The molecule has 6 atom stereocenters. The van der Waals surface area contributed by atoms with Gasteiger partial charge in [0, 0.05) is 12.6 Å². The first kappa shape index (κ1) is 19.7. The van der Waals surface area contributed by atoms with Gasteiger partial charge in [-0.1, -0.05) is 43.3 Å².